The van der Waals surface area contributed by atoms with E-state index in [0.29, 0.717) is 24.7 Å². The van der Waals surface area contributed by atoms with Gasteiger partial charge in [0.15, 0.2) is 0 Å². The van der Waals surface area contributed by atoms with Gasteiger partial charge in [-0.3, -0.25) is 9.59 Å². The number of aryl methyl sites for hydroxylation is 2. The summed E-state index contributed by atoms with van der Waals surface area (Å²) in [6.45, 7) is 8.45. The minimum atomic E-state index is -0.221. The molecule has 0 aliphatic carbocycles. The summed E-state index contributed by atoms with van der Waals surface area (Å²) in [6.07, 6.45) is 4.48. The lowest BCUT2D eigenvalue weighted by Gasteiger charge is -2.31. The number of benzene rings is 1. The van der Waals surface area contributed by atoms with Crippen molar-refractivity contribution in [2.45, 2.75) is 26.7 Å². The number of rotatable bonds is 4. The number of hydrogen-bond acceptors (Lipinski definition) is 4. The molecule has 1 atom stereocenters. The zero-order valence-electron chi connectivity index (χ0n) is 15.1. The summed E-state index contributed by atoms with van der Waals surface area (Å²) in [5.41, 5.74) is 3.37. The topological polar surface area (TPSA) is 75.4 Å². The van der Waals surface area contributed by atoms with Gasteiger partial charge in [-0.05, 0) is 50.5 Å². The second-order valence-corrected chi connectivity index (χ2v) is 6.64. The van der Waals surface area contributed by atoms with Crippen molar-refractivity contribution < 1.29 is 14.0 Å². The van der Waals surface area contributed by atoms with Gasteiger partial charge in [0.05, 0.1) is 11.6 Å². The molecule has 0 spiro atoms. The van der Waals surface area contributed by atoms with Gasteiger partial charge in [-0.1, -0.05) is 12.6 Å². The number of hydrogen-bond donors (Lipinski definition) is 1. The first-order valence-corrected chi connectivity index (χ1v) is 8.73. The molecule has 26 heavy (non-hydrogen) atoms. The zero-order chi connectivity index (χ0) is 18.7. The van der Waals surface area contributed by atoms with Crippen LogP contribution in [0.2, 0.25) is 0 Å². The lowest BCUT2D eigenvalue weighted by molar-refractivity contribution is -0.130. The van der Waals surface area contributed by atoms with Gasteiger partial charge in [0.1, 0.15) is 6.26 Å². The SMILES string of the molecule is C=CC(=O)N1CCCC(C(=O)Nc2ccc(C)c(-c3nc(C)co3)c2)C1. The van der Waals surface area contributed by atoms with E-state index in [-0.39, 0.29) is 17.7 Å². The third-order valence-electron chi connectivity index (χ3n) is 4.63. The maximum absolute atomic E-state index is 12.6. The largest absolute Gasteiger partial charge is 0.444 e. The van der Waals surface area contributed by atoms with Crippen LogP contribution in [0.3, 0.4) is 0 Å². The second kappa shape index (κ2) is 7.56. The smallest absolute Gasteiger partial charge is 0.245 e. The molecule has 0 radical (unpaired) electrons. The van der Waals surface area contributed by atoms with Crippen LogP contribution in [-0.2, 0) is 9.59 Å². The molecule has 1 N–H and O–H groups in total. The van der Waals surface area contributed by atoms with Gasteiger partial charge in [-0.25, -0.2) is 4.98 Å². The maximum atomic E-state index is 12.6. The van der Waals surface area contributed by atoms with Crippen molar-refractivity contribution >= 4 is 17.5 Å². The van der Waals surface area contributed by atoms with E-state index in [1.807, 2.05) is 32.0 Å². The number of nitrogens with one attached hydrogen (secondary N) is 1. The Morgan fingerprint density at radius 1 is 1.38 bits per heavy atom. The minimum absolute atomic E-state index is 0.0788. The quantitative estimate of drug-likeness (QED) is 0.856. The van der Waals surface area contributed by atoms with Crippen LogP contribution >= 0.6 is 0 Å². The molecule has 2 heterocycles. The van der Waals surface area contributed by atoms with E-state index in [1.54, 1.807) is 11.2 Å². The van der Waals surface area contributed by atoms with Crippen molar-refractivity contribution in [1.82, 2.24) is 9.88 Å². The highest BCUT2D eigenvalue weighted by Gasteiger charge is 2.27. The van der Waals surface area contributed by atoms with Crippen LogP contribution in [0.4, 0.5) is 5.69 Å². The molecular formula is C20H23N3O3. The van der Waals surface area contributed by atoms with Crippen LogP contribution in [0.15, 0.2) is 41.5 Å². The van der Waals surface area contributed by atoms with E-state index in [1.165, 1.54) is 6.08 Å². The first-order valence-electron chi connectivity index (χ1n) is 8.73. The predicted octanol–water partition coefficient (Wildman–Crippen LogP) is 3.32. The highest BCUT2D eigenvalue weighted by atomic mass is 16.3. The van der Waals surface area contributed by atoms with Gasteiger partial charge < -0.3 is 14.6 Å². The van der Waals surface area contributed by atoms with E-state index in [9.17, 15) is 9.59 Å². The molecule has 1 aromatic heterocycles. The van der Waals surface area contributed by atoms with Gasteiger partial charge in [0.2, 0.25) is 17.7 Å². The lowest BCUT2D eigenvalue weighted by Crippen LogP contribution is -2.43. The van der Waals surface area contributed by atoms with Crippen LogP contribution < -0.4 is 5.32 Å². The summed E-state index contributed by atoms with van der Waals surface area (Å²) in [4.78, 5) is 30.5. The number of likely N-dealkylation sites (tertiary alicyclic amines) is 1. The number of aromatic nitrogens is 1. The number of amides is 2. The van der Waals surface area contributed by atoms with Crippen LogP contribution in [0, 0.1) is 19.8 Å². The Hall–Kier alpha value is -2.89. The van der Waals surface area contributed by atoms with Gasteiger partial charge in [0, 0.05) is 24.3 Å². The third-order valence-corrected chi connectivity index (χ3v) is 4.63. The number of piperidine rings is 1. The van der Waals surface area contributed by atoms with Gasteiger partial charge >= 0.3 is 0 Å². The van der Waals surface area contributed by atoms with E-state index < -0.39 is 0 Å². The van der Waals surface area contributed by atoms with Crippen molar-refractivity contribution in [3.05, 3.63) is 48.4 Å². The summed E-state index contributed by atoms with van der Waals surface area (Å²) in [7, 11) is 0. The summed E-state index contributed by atoms with van der Waals surface area (Å²) in [5.74, 6) is 0.113. The first kappa shape index (κ1) is 17.9. The predicted molar refractivity (Wildman–Crippen MR) is 99.5 cm³/mol. The first-order chi connectivity index (χ1) is 12.5. The van der Waals surface area contributed by atoms with Crippen LogP contribution in [-0.4, -0.2) is 34.8 Å². The summed E-state index contributed by atoms with van der Waals surface area (Å²) >= 11 is 0. The minimum Gasteiger partial charge on any atom is -0.444 e. The van der Waals surface area contributed by atoms with Crippen LogP contribution in [0.1, 0.15) is 24.1 Å². The number of oxazole rings is 1. The Morgan fingerprint density at radius 3 is 2.88 bits per heavy atom. The highest BCUT2D eigenvalue weighted by Crippen LogP contribution is 2.27. The monoisotopic (exact) mass is 353 g/mol. The third kappa shape index (κ3) is 3.85. The normalized spacial score (nSPS) is 17.0. The van der Waals surface area contributed by atoms with Crippen LogP contribution in [0.25, 0.3) is 11.5 Å². The molecule has 3 rings (SSSR count). The van der Waals surface area contributed by atoms with Gasteiger partial charge in [-0.2, -0.15) is 0 Å². The van der Waals surface area contributed by atoms with Crippen molar-refractivity contribution in [2.24, 2.45) is 5.92 Å². The Balaban J connectivity index is 1.73. The van der Waals surface area contributed by atoms with E-state index in [0.717, 1.165) is 29.7 Å². The fraction of sp³-hybridized carbons (Fsp3) is 0.350. The molecule has 1 unspecified atom stereocenters. The average molecular weight is 353 g/mol. The van der Waals surface area contributed by atoms with Crippen molar-refractivity contribution in [1.29, 1.82) is 0 Å². The Labute approximate surface area is 152 Å². The fourth-order valence-electron chi connectivity index (χ4n) is 3.17. The molecule has 1 aliphatic heterocycles. The number of carbonyl (C=O) groups is 2. The molecule has 0 saturated carbocycles. The second-order valence-electron chi connectivity index (χ2n) is 6.64. The molecule has 0 bridgehead atoms. The van der Waals surface area contributed by atoms with E-state index >= 15 is 0 Å². The maximum Gasteiger partial charge on any atom is 0.245 e. The lowest BCUT2D eigenvalue weighted by atomic mass is 9.96. The summed E-state index contributed by atoms with van der Waals surface area (Å²) in [5, 5.41) is 2.96. The standard InChI is InChI=1S/C20H23N3O3/c1-4-18(24)23-9-5-6-15(11-23)19(25)22-16-8-7-13(2)17(10-16)20-21-14(3)12-26-20/h4,7-8,10,12,15H,1,5-6,9,11H2,2-3H3,(H,22,25). The molecule has 1 aromatic carbocycles. The van der Waals surface area contributed by atoms with Crippen molar-refractivity contribution in [2.75, 3.05) is 18.4 Å². The molecule has 1 aliphatic rings. The fourth-order valence-corrected chi connectivity index (χ4v) is 3.17. The van der Waals surface area contributed by atoms with Crippen LogP contribution in [0.5, 0.6) is 0 Å². The number of anilines is 1. The molecule has 136 valence electrons. The van der Waals surface area contributed by atoms with Crippen molar-refractivity contribution in [3.8, 4) is 11.5 Å². The average Bonchev–Trinajstić information content (AvgIpc) is 3.08. The molecule has 1 saturated heterocycles. The number of nitrogens with zero attached hydrogens (tertiary/aromatic N) is 2. The highest BCUT2D eigenvalue weighted by molar-refractivity contribution is 5.94. The Bertz CT molecular complexity index is 841. The molecule has 6 nitrogen and oxygen atoms in total. The molecular weight excluding hydrogens is 330 g/mol. The number of carbonyl (C=O) groups excluding carboxylic acids is 2. The van der Waals surface area contributed by atoms with Gasteiger partial charge in [0.25, 0.3) is 0 Å². The van der Waals surface area contributed by atoms with E-state index in [2.05, 4.69) is 16.9 Å². The Kier molecular flexibility index (Phi) is 5.21. The molecule has 6 heteroatoms. The van der Waals surface area contributed by atoms with Gasteiger partial charge in [-0.15, -0.1) is 0 Å². The summed E-state index contributed by atoms with van der Waals surface area (Å²) in [6, 6.07) is 5.66. The molecule has 1 fully saturated rings. The Morgan fingerprint density at radius 2 is 2.19 bits per heavy atom. The van der Waals surface area contributed by atoms with E-state index in [4.69, 9.17) is 4.42 Å². The molecule has 2 amide bonds. The molecule has 2 aromatic rings. The zero-order valence-corrected chi connectivity index (χ0v) is 15.1. The van der Waals surface area contributed by atoms with Crippen molar-refractivity contribution in [3.63, 3.8) is 0 Å². The summed E-state index contributed by atoms with van der Waals surface area (Å²) < 4.78 is 5.48.